The lowest BCUT2D eigenvalue weighted by molar-refractivity contribution is -0.384. The fraction of sp³-hybridized carbons (Fsp3) is 0.794. The van der Waals surface area contributed by atoms with Crippen molar-refractivity contribution in [3.63, 3.8) is 0 Å². The summed E-state index contributed by atoms with van der Waals surface area (Å²) in [5, 5.41) is 20.8. The van der Waals surface area contributed by atoms with Crippen LogP contribution in [0.25, 0.3) is 0 Å². The molecule has 1 rings (SSSR count). The van der Waals surface area contributed by atoms with E-state index in [9.17, 15) is 15.0 Å². The van der Waals surface area contributed by atoms with Crippen molar-refractivity contribution in [1.29, 1.82) is 0 Å². The molecule has 0 aliphatic rings. The second-order valence-electron chi connectivity index (χ2n) is 12.3. The number of carbonyl (C=O) groups is 1. The topological polar surface area (TPSA) is 88.0 Å². The first-order valence-corrected chi connectivity index (χ1v) is 15.9. The predicted octanol–water partition coefficient (Wildman–Crippen LogP) is 7.13. The number of hydrogen-bond donors (Lipinski definition) is 2. The van der Waals surface area contributed by atoms with Crippen molar-refractivity contribution in [2.24, 2.45) is 17.3 Å². The number of quaternary nitrogens is 1. The van der Waals surface area contributed by atoms with Crippen LogP contribution in [0.2, 0.25) is 0 Å². The van der Waals surface area contributed by atoms with Crippen molar-refractivity contribution in [3.05, 3.63) is 35.9 Å². The third kappa shape index (κ3) is 19.6. The summed E-state index contributed by atoms with van der Waals surface area (Å²) in [4.78, 5) is 11.4. The molecule has 0 radical (unpaired) electrons. The number of benzene rings is 1. The van der Waals surface area contributed by atoms with Crippen LogP contribution >= 0.6 is 0 Å². The van der Waals surface area contributed by atoms with E-state index in [0.717, 1.165) is 32.1 Å². The van der Waals surface area contributed by atoms with E-state index in [1.165, 1.54) is 82.6 Å². The van der Waals surface area contributed by atoms with Crippen LogP contribution in [-0.2, 0) is 11.2 Å². The molecule has 0 heterocycles. The Hall–Kier alpha value is -1.39. The molecule has 2 unspecified atom stereocenters. The highest BCUT2D eigenvalue weighted by Crippen LogP contribution is 2.33. The normalized spacial score (nSPS) is 13.2. The summed E-state index contributed by atoms with van der Waals surface area (Å²) in [6, 6.07) is 10.1. The van der Waals surface area contributed by atoms with Gasteiger partial charge in [-0.15, -0.1) is 0 Å². The molecule has 4 N–H and O–H groups in total. The number of aliphatic hydroxyl groups is 1. The second kappa shape index (κ2) is 23.5. The van der Waals surface area contributed by atoms with Gasteiger partial charge in [-0.05, 0) is 36.7 Å². The van der Waals surface area contributed by atoms with E-state index in [4.69, 9.17) is 0 Å². The van der Waals surface area contributed by atoms with Gasteiger partial charge in [0.05, 0.1) is 0 Å². The van der Waals surface area contributed by atoms with Gasteiger partial charge >= 0.3 is 0 Å². The minimum Gasteiger partial charge on any atom is -0.550 e. The van der Waals surface area contributed by atoms with Crippen LogP contribution in [0.15, 0.2) is 30.3 Å². The van der Waals surface area contributed by atoms with Crippen LogP contribution in [0, 0.1) is 17.3 Å². The third-order valence-electron chi connectivity index (χ3n) is 7.93. The van der Waals surface area contributed by atoms with Gasteiger partial charge in [0.25, 0.3) is 0 Å². The summed E-state index contributed by atoms with van der Waals surface area (Å²) in [5.41, 5.74) is 4.13. The highest BCUT2D eigenvalue weighted by molar-refractivity contribution is 5.71. The average molecular weight is 534 g/mol. The maximum absolute atomic E-state index is 11.4. The molecule has 0 saturated heterocycles. The van der Waals surface area contributed by atoms with E-state index in [1.807, 2.05) is 18.2 Å². The number of carboxylic acids is 1. The average Bonchev–Trinajstić information content (AvgIpc) is 2.89. The Morgan fingerprint density at radius 2 is 1.32 bits per heavy atom. The van der Waals surface area contributed by atoms with Crippen molar-refractivity contribution in [3.8, 4) is 0 Å². The van der Waals surface area contributed by atoms with Crippen LogP contribution in [0.3, 0.4) is 0 Å². The molecule has 1 aromatic carbocycles. The fourth-order valence-corrected chi connectivity index (χ4v) is 4.92. The van der Waals surface area contributed by atoms with Crippen LogP contribution in [0.1, 0.15) is 143 Å². The van der Waals surface area contributed by atoms with Crippen molar-refractivity contribution >= 4 is 5.97 Å². The van der Waals surface area contributed by atoms with Crippen molar-refractivity contribution in [2.45, 2.75) is 150 Å². The van der Waals surface area contributed by atoms with Crippen molar-refractivity contribution in [2.75, 3.05) is 6.54 Å². The Balaban J connectivity index is 0.000000726. The molecular formula is C34H63NO3. The number of hydrogen-bond acceptors (Lipinski definition) is 3. The lowest BCUT2D eigenvalue weighted by atomic mass is 9.73. The van der Waals surface area contributed by atoms with Gasteiger partial charge in [-0.3, -0.25) is 0 Å². The summed E-state index contributed by atoms with van der Waals surface area (Å²) >= 11 is 0. The summed E-state index contributed by atoms with van der Waals surface area (Å²) in [6.45, 7) is 10.9. The first kappa shape index (κ1) is 36.6. The molecule has 0 aliphatic carbocycles. The van der Waals surface area contributed by atoms with Gasteiger partial charge in [0.15, 0.2) is 0 Å². The van der Waals surface area contributed by atoms with Crippen LogP contribution in [0.5, 0.6) is 0 Å². The lowest BCUT2D eigenvalue weighted by Crippen LogP contribution is -2.55. The standard InChI is InChI=1S/C18H28O2.C16H35NO/c1-14(2)9-8-12-16(18(3,4)17(19)20)13-15-10-6-5-7-11-15;1-2-3-4-5-6-7-8-9-10-11-12-13-14-16(18)15-17/h5-7,10-11,14,16H,8-9,12-13H2,1-4H3,(H,19,20);16,18H,2-15,17H2,1H3. The Morgan fingerprint density at radius 3 is 1.76 bits per heavy atom. The number of carboxylic acid groups (broad SMARTS) is 1. The maximum atomic E-state index is 11.4. The SMILES string of the molecule is CC(C)CCCC(Cc1ccccc1)C(C)(C)C(=O)[O-].CCCCCCCCCCCCCCC(O)C[NH3+]. The number of aliphatic hydroxyl groups excluding tert-OH is 1. The minimum absolute atomic E-state index is 0.119. The molecule has 0 aromatic heterocycles. The smallest absolute Gasteiger partial charge is 0.103 e. The first-order chi connectivity index (χ1) is 18.1. The highest BCUT2D eigenvalue weighted by Gasteiger charge is 2.30. The zero-order chi connectivity index (χ0) is 28.7. The Bertz CT molecular complexity index is 659. The van der Waals surface area contributed by atoms with E-state index in [-0.39, 0.29) is 12.0 Å². The summed E-state index contributed by atoms with van der Waals surface area (Å²) < 4.78 is 0. The van der Waals surface area contributed by atoms with Gasteiger partial charge in [0, 0.05) is 11.4 Å². The van der Waals surface area contributed by atoms with Crippen molar-refractivity contribution < 1.29 is 20.7 Å². The largest absolute Gasteiger partial charge is 0.550 e. The molecule has 38 heavy (non-hydrogen) atoms. The second-order valence-corrected chi connectivity index (χ2v) is 12.3. The van der Waals surface area contributed by atoms with Crippen LogP contribution in [-0.4, -0.2) is 23.7 Å². The van der Waals surface area contributed by atoms with Crippen LogP contribution in [0.4, 0.5) is 0 Å². The van der Waals surface area contributed by atoms with Gasteiger partial charge in [-0.25, -0.2) is 0 Å². The summed E-state index contributed by atoms with van der Waals surface area (Å²) in [6.07, 6.45) is 21.3. The molecule has 2 atom stereocenters. The maximum Gasteiger partial charge on any atom is 0.103 e. The van der Waals surface area contributed by atoms with E-state index in [0.29, 0.717) is 12.5 Å². The monoisotopic (exact) mass is 533 g/mol. The van der Waals surface area contributed by atoms with Gasteiger partial charge in [-0.1, -0.05) is 155 Å². The summed E-state index contributed by atoms with van der Waals surface area (Å²) in [5.74, 6) is -0.157. The Morgan fingerprint density at radius 1 is 0.816 bits per heavy atom. The van der Waals surface area contributed by atoms with Gasteiger partial charge in [-0.2, -0.15) is 0 Å². The Labute approximate surface area is 236 Å². The van der Waals surface area contributed by atoms with E-state index in [2.05, 4.69) is 38.6 Å². The molecule has 4 nitrogen and oxygen atoms in total. The molecule has 0 spiro atoms. The zero-order valence-corrected chi connectivity index (χ0v) is 25.8. The van der Waals surface area contributed by atoms with E-state index in [1.54, 1.807) is 13.8 Å². The number of unbranched alkanes of at least 4 members (excludes halogenated alkanes) is 11. The molecule has 4 heteroatoms. The van der Waals surface area contributed by atoms with E-state index < -0.39 is 11.4 Å². The molecule has 222 valence electrons. The van der Waals surface area contributed by atoms with Gasteiger partial charge in [0.1, 0.15) is 12.6 Å². The quantitative estimate of drug-likeness (QED) is 0.155. The Kier molecular flexibility index (Phi) is 22.6. The van der Waals surface area contributed by atoms with Gasteiger partial charge < -0.3 is 20.7 Å². The summed E-state index contributed by atoms with van der Waals surface area (Å²) in [7, 11) is 0. The van der Waals surface area contributed by atoms with E-state index >= 15 is 0 Å². The molecule has 0 saturated carbocycles. The molecule has 0 aliphatic heterocycles. The minimum atomic E-state index is -0.942. The number of rotatable bonds is 22. The fourth-order valence-electron chi connectivity index (χ4n) is 4.92. The number of carbonyl (C=O) groups excluding carboxylic acids is 1. The first-order valence-electron chi connectivity index (χ1n) is 15.9. The lowest BCUT2D eigenvalue weighted by Gasteiger charge is -2.36. The highest BCUT2D eigenvalue weighted by atomic mass is 16.4. The third-order valence-corrected chi connectivity index (χ3v) is 7.93. The van der Waals surface area contributed by atoms with Gasteiger partial charge in [0.2, 0.25) is 0 Å². The zero-order valence-electron chi connectivity index (χ0n) is 25.8. The van der Waals surface area contributed by atoms with Crippen LogP contribution < -0.4 is 10.8 Å². The molecule has 0 bridgehead atoms. The molecule has 1 aromatic rings. The molecule has 0 amide bonds. The predicted molar refractivity (Wildman–Crippen MR) is 161 cm³/mol. The number of aliphatic carboxylic acids is 1. The molecule has 0 fully saturated rings. The van der Waals surface area contributed by atoms with Crippen molar-refractivity contribution in [1.82, 2.24) is 0 Å². The molecular weight excluding hydrogens is 470 g/mol.